The molecule has 5 fully saturated rings. The van der Waals surface area contributed by atoms with Crippen LogP contribution >= 0.6 is 0 Å². The van der Waals surface area contributed by atoms with Crippen LogP contribution in [0.3, 0.4) is 0 Å². The van der Waals surface area contributed by atoms with Gasteiger partial charge < -0.3 is 20.7 Å². The van der Waals surface area contributed by atoms with Crippen LogP contribution in [-0.2, 0) is 9.53 Å². The van der Waals surface area contributed by atoms with Gasteiger partial charge in [0.2, 0.25) is 5.91 Å². The molecular formula is C22H31N5O3. The highest BCUT2D eigenvalue weighted by Gasteiger charge is 2.59. The summed E-state index contributed by atoms with van der Waals surface area (Å²) >= 11 is 0. The minimum Gasteiger partial charge on any atom is -0.446 e. The number of nitrogens with zero attached hydrogens (tertiary/aromatic N) is 3. The molecule has 1 aliphatic heterocycles. The average molecular weight is 414 g/mol. The van der Waals surface area contributed by atoms with Crippen LogP contribution in [0.4, 0.5) is 10.6 Å². The molecule has 0 aromatic carbocycles. The van der Waals surface area contributed by atoms with Crippen molar-refractivity contribution in [1.29, 1.82) is 0 Å². The molecule has 1 saturated heterocycles. The fraction of sp³-hybridized carbons (Fsp3) is 0.727. The van der Waals surface area contributed by atoms with Gasteiger partial charge in [0.15, 0.2) is 0 Å². The smallest absolute Gasteiger partial charge is 0.410 e. The zero-order chi connectivity index (χ0) is 21.0. The lowest BCUT2D eigenvalue weighted by Crippen LogP contribution is -2.59. The van der Waals surface area contributed by atoms with Crippen molar-refractivity contribution in [3.63, 3.8) is 0 Å². The molecule has 0 radical (unpaired) electrons. The highest BCUT2D eigenvalue weighted by atomic mass is 16.6. The lowest BCUT2D eigenvalue weighted by atomic mass is 9.48. The second-order valence-electron chi connectivity index (χ2n) is 9.98. The number of carbonyl (C=O) groups is 2. The molecule has 8 nitrogen and oxygen atoms in total. The Morgan fingerprint density at radius 2 is 1.93 bits per heavy atom. The van der Waals surface area contributed by atoms with Gasteiger partial charge in [-0.05, 0) is 70.1 Å². The predicted molar refractivity (Wildman–Crippen MR) is 111 cm³/mol. The number of aromatic nitrogens is 2. The first-order chi connectivity index (χ1) is 14.3. The van der Waals surface area contributed by atoms with E-state index >= 15 is 0 Å². The highest BCUT2D eigenvalue weighted by molar-refractivity contribution is 5.81. The number of nitrogens with one attached hydrogen (secondary N) is 1. The monoisotopic (exact) mass is 413 g/mol. The fourth-order valence-electron chi connectivity index (χ4n) is 6.71. The van der Waals surface area contributed by atoms with E-state index in [9.17, 15) is 9.59 Å². The molecule has 5 aliphatic rings. The van der Waals surface area contributed by atoms with E-state index in [1.165, 1.54) is 0 Å². The van der Waals surface area contributed by atoms with E-state index in [1.54, 1.807) is 4.90 Å². The van der Waals surface area contributed by atoms with Crippen LogP contribution in [0.2, 0.25) is 0 Å². The van der Waals surface area contributed by atoms with Gasteiger partial charge in [0.1, 0.15) is 17.7 Å². The number of aryl methyl sites for hydroxylation is 2. The predicted octanol–water partition coefficient (Wildman–Crippen LogP) is 2.40. The molecule has 30 heavy (non-hydrogen) atoms. The van der Waals surface area contributed by atoms with Gasteiger partial charge in [-0.2, -0.15) is 0 Å². The van der Waals surface area contributed by atoms with Crippen LogP contribution in [0.1, 0.15) is 50.0 Å². The molecule has 1 unspecified atom stereocenters. The molecule has 3 atom stereocenters. The first kappa shape index (κ1) is 19.6. The van der Waals surface area contributed by atoms with Crippen LogP contribution in [0, 0.1) is 37.0 Å². The van der Waals surface area contributed by atoms with Crippen molar-refractivity contribution in [3.8, 4) is 0 Å². The molecule has 162 valence electrons. The van der Waals surface area contributed by atoms with Gasteiger partial charge in [-0.3, -0.25) is 4.79 Å². The summed E-state index contributed by atoms with van der Waals surface area (Å²) in [6, 6.07) is 2.08. The van der Waals surface area contributed by atoms with Crippen molar-refractivity contribution < 1.29 is 14.3 Å². The number of carbonyl (C=O) groups excluding carboxylic acids is 2. The molecule has 1 aromatic rings. The second kappa shape index (κ2) is 7.10. The third-order valence-electron chi connectivity index (χ3n) is 7.71. The van der Waals surface area contributed by atoms with Gasteiger partial charge in [0, 0.05) is 30.9 Å². The number of ether oxygens (including phenoxy) is 1. The number of likely N-dealkylation sites (tertiary alicyclic amines) is 1. The van der Waals surface area contributed by atoms with E-state index in [2.05, 4.69) is 15.3 Å². The second-order valence-corrected chi connectivity index (χ2v) is 9.98. The van der Waals surface area contributed by atoms with E-state index in [4.69, 9.17) is 10.5 Å². The molecule has 2 amide bonds. The zero-order valence-corrected chi connectivity index (χ0v) is 17.8. The normalized spacial score (nSPS) is 36.7. The van der Waals surface area contributed by atoms with Crippen molar-refractivity contribution >= 4 is 17.8 Å². The van der Waals surface area contributed by atoms with Crippen LogP contribution < -0.4 is 11.1 Å². The Hall–Kier alpha value is -2.38. The van der Waals surface area contributed by atoms with Crippen molar-refractivity contribution in [2.75, 3.05) is 18.4 Å². The third-order valence-corrected chi connectivity index (χ3v) is 7.71. The fourth-order valence-corrected chi connectivity index (χ4v) is 6.71. The van der Waals surface area contributed by atoms with Gasteiger partial charge in [-0.1, -0.05) is 0 Å². The molecule has 1 aromatic heterocycles. The molecule has 3 N–H and O–H groups in total. The Kier molecular flexibility index (Phi) is 4.63. The largest absolute Gasteiger partial charge is 0.446 e. The van der Waals surface area contributed by atoms with Gasteiger partial charge in [-0.25, -0.2) is 14.8 Å². The topological polar surface area (TPSA) is 110 Å². The SMILES string of the molecule is Cc1cc(NC2CCN(C(=O)OC3[C@@H]4CC5C[C@@H]3CC(C(N)=O)(C5)C4)C2)nc(C)n1. The summed E-state index contributed by atoms with van der Waals surface area (Å²) in [6.07, 6.45) is 5.17. The zero-order valence-electron chi connectivity index (χ0n) is 17.8. The maximum absolute atomic E-state index is 12.9. The molecular weight excluding hydrogens is 382 g/mol. The van der Waals surface area contributed by atoms with E-state index in [0.29, 0.717) is 19.0 Å². The van der Waals surface area contributed by atoms with E-state index in [1.807, 2.05) is 19.9 Å². The molecule has 0 spiro atoms. The quantitative estimate of drug-likeness (QED) is 0.784. The Morgan fingerprint density at radius 1 is 1.20 bits per heavy atom. The summed E-state index contributed by atoms with van der Waals surface area (Å²) in [6.45, 7) is 5.11. The molecule has 4 aliphatic carbocycles. The van der Waals surface area contributed by atoms with Crippen molar-refractivity contribution in [3.05, 3.63) is 17.6 Å². The first-order valence-electron chi connectivity index (χ1n) is 11.2. The lowest BCUT2D eigenvalue weighted by molar-refractivity contribution is -0.161. The standard InChI is InChI=1S/C22H31N5O3/c1-12-5-18(25-13(2)24-12)26-17-3-4-27(11-17)21(29)30-19-15-6-14-7-16(19)10-22(8-14,9-15)20(23)28/h5,14-17,19H,3-4,6-11H2,1-2H3,(H2,23,28)(H,24,25,26)/t14?,15-,16-,17?,19?,22?/m1/s1. The van der Waals surface area contributed by atoms with Gasteiger partial charge in [0.05, 0.1) is 5.41 Å². The minimum atomic E-state index is -0.351. The van der Waals surface area contributed by atoms with Gasteiger partial charge >= 0.3 is 6.09 Å². The summed E-state index contributed by atoms with van der Waals surface area (Å²) in [5.41, 5.74) is 6.34. The number of hydrogen-bond acceptors (Lipinski definition) is 6. The highest BCUT2D eigenvalue weighted by Crippen LogP contribution is 2.60. The number of primary amides is 1. The Morgan fingerprint density at radius 3 is 2.60 bits per heavy atom. The van der Waals surface area contributed by atoms with Crippen LogP contribution in [-0.4, -0.2) is 52.1 Å². The number of rotatable bonds is 4. The average Bonchev–Trinajstić information content (AvgIpc) is 3.11. The summed E-state index contributed by atoms with van der Waals surface area (Å²) in [4.78, 5) is 35.6. The molecule has 6 rings (SSSR count). The molecule has 2 heterocycles. The summed E-state index contributed by atoms with van der Waals surface area (Å²) in [5.74, 6) is 2.49. The van der Waals surface area contributed by atoms with Crippen molar-refractivity contribution in [1.82, 2.24) is 14.9 Å². The summed E-state index contributed by atoms with van der Waals surface area (Å²) in [7, 11) is 0. The van der Waals surface area contributed by atoms with Crippen LogP contribution in [0.15, 0.2) is 6.07 Å². The molecule has 8 heteroatoms. The maximum Gasteiger partial charge on any atom is 0.410 e. The number of anilines is 1. The maximum atomic E-state index is 12.9. The Balaban J connectivity index is 1.19. The minimum absolute atomic E-state index is 0.0688. The number of hydrogen-bond donors (Lipinski definition) is 2. The van der Waals surface area contributed by atoms with Crippen LogP contribution in [0.25, 0.3) is 0 Å². The van der Waals surface area contributed by atoms with Crippen LogP contribution in [0.5, 0.6) is 0 Å². The first-order valence-corrected chi connectivity index (χ1v) is 11.2. The number of nitrogens with two attached hydrogens (primary N) is 1. The van der Waals surface area contributed by atoms with E-state index < -0.39 is 0 Å². The number of amides is 2. The molecule has 4 bridgehead atoms. The Labute approximate surface area is 177 Å². The summed E-state index contributed by atoms with van der Waals surface area (Å²) < 4.78 is 6.05. The lowest BCUT2D eigenvalue weighted by Gasteiger charge is -2.58. The van der Waals surface area contributed by atoms with Crippen molar-refractivity contribution in [2.24, 2.45) is 28.9 Å². The van der Waals surface area contributed by atoms with E-state index in [0.717, 1.165) is 55.9 Å². The summed E-state index contributed by atoms with van der Waals surface area (Å²) in [5, 5.41) is 3.43. The molecule has 4 saturated carbocycles. The van der Waals surface area contributed by atoms with Crippen molar-refractivity contribution in [2.45, 2.75) is 64.5 Å². The van der Waals surface area contributed by atoms with Gasteiger partial charge in [-0.15, -0.1) is 0 Å². The Bertz CT molecular complexity index is 838. The third kappa shape index (κ3) is 3.40. The van der Waals surface area contributed by atoms with Gasteiger partial charge in [0.25, 0.3) is 0 Å². The van der Waals surface area contributed by atoms with E-state index in [-0.39, 0.29) is 41.4 Å².